The van der Waals surface area contributed by atoms with Gasteiger partial charge in [-0.2, -0.15) is 5.26 Å². The number of hydrogen-bond acceptors (Lipinski definition) is 4. The smallest absolute Gasteiger partial charge is 0.273 e. The summed E-state index contributed by atoms with van der Waals surface area (Å²) in [4.78, 5) is 21.7. The highest BCUT2D eigenvalue weighted by Crippen LogP contribution is 2.25. The molecular formula is C10H7BrN2O3. The third-order valence-corrected chi connectivity index (χ3v) is 2.66. The summed E-state index contributed by atoms with van der Waals surface area (Å²) in [5.74, 6) is -0.335. The zero-order valence-electron chi connectivity index (χ0n) is 8.36. The quantitative estimate of drug-likeness (QED) is 0.369. The molecule has 0 bridgehead atoms. The maximum atomic E-state index is 11.6. The molecule has 0 saturated heterocycles. The fourth-order valence-electron chi connectivity index (χ4n) is 1.42. The molecule has 0 aromatic heterocycles. The maximum absolute atomic E-state index is 11.6. The molecule has 0 spiro atoms. The van der Waals surface area contributed by atoms with Gasteiger partial charge in [0.15, 0.2) is 5.78 Å². The lowest BCUT2D eigenvalue weighted by atomic mass is 9.98. The molecule has 0 radical (unpaired) electrons. The summed E-state index contributed by atoms with van der Waals surface area (Å²) in [7, 11) is 0. The Bertz CT molecular complexity index is 506. The number of halogens is 1. The van der Waals surface area contributed by atoms with Crippen LogP contribution in [0.1, 0.15) is 21.5 Å². The molecule has 5 nitrogen and oxygen atoms in total. The van der Waals surface area contributed by atoms with Gasteiger partial charge >= 0.3 is 0 Å². The van der Waals surface area contributed by atoms with Crippen LogP contribution in [0.5, 0.6) is 0 Å². The van der Waals surface area contributed by atoms with Gasteiger partial charge in [-0.05, 0) is 13.0 Å². The van der Waals surface area contributed by atoms with Crippen molar-refractivity contribution in [2.45, 2.75) is 6.92 Å². The predicted octanol–water partition coefficient (Wildman–Crippen LogP) is 2.35. The van der Waals surface area contributed by atoms with Crippen molar-refractivity contribution in [3.63, 3.8) is 0 Å². The maximum Gasteiger partial charge on any atom is 0.273 e. The van der Waals surface area contributed by atoms with Crippen LogP contribution in [-0.4, -0.2) is 16.0 Å². The van der Waals surface area contributed by atoms with Crippen LogP contribution in [0, 0.1) is 28.4 Å². The number of Topliss-reactive ketones (excluding diaryl/α,β-unsaturated/α-hetero) is 1. The van der Waals surface area contributed by atoms with Gasteiger partial charge < -0.3 is 0 Å². The first-order valence-corrected chi connectivity index (χ1v) is 5.42. The van der Waals surface area contributed by atoms with Crippen molar-refractivity contribution in [3.8, 4) is 6.07 Å². The second-order valence-electron chi connectivity index (χ2n) is 3.06. The number of nitriles is 1. The van der Waals surface area contributed by atoms with Crippen LogP contribution < -0.4 is 0 Å². The van der Waals surface area contributed by atoms with Crippen molar-refractivity contribution in [2.24, 2.45) is 0 Å². The summed E-state index contributed by atoms with van der Waals surface area (Å²) >= 11 is 2.98. The van der Waals surface area contributed by atoms with Crippen LogP contribution >= 0.6 is 15.9 Å². The highest BCUT2D eigenvalue weighted by Gasteiger charge is 2.21. The molecule has 82 valence electrons. The van der Waals surface area contributed by atoms with E-state index >= 15 is 0 Å². The number of ketones is 1. The largest absolute Gasteiger partial charge is 0.293 e. The summed E-state index contributed by atoms with van der Waals surface area (Å²) < 4.78 is 0. The zero-order valence-corrected chi connectivity index (χ0v) is 9.94. The zero-order chi connectivity index (χ0) is 12.3. The van der Waals surface area contributed by atoms with E-state index in [9.17, 15) is 14.9 Å². The first-order chi connectivity index (χ1) is 7.52. The summed E-state index contributed by atoms with van der Waals surface area (Å²) in [5.41, 5.74) is 0.359. The summed E-state index contributed by atoms with van der Waals surface area (Å²) in [5, 5.41) is 19.5. The number of nitro groups is 1. The fraction of sp³-hybridized carbons (Fsp3) is 0.200. The highest BCUT2D eigenvalue weighted by molar-refractivity contribution is 9.09. The standard InChI is InChI=1S/C10H7BrN2O3/c1-6-8(13(15)16)3-2-7(5-12)10(6)9(14)4-11/h2-3H,4H2,1H3. The highest BCUT2D eigenvalue weighted by atomic mass is 79.9. The molecule has 0 aliphatic carbocycles. The monoisotopic (exact) mass is 282 g/mol. The normalized spacial score (nSPS) is 9.56. The minimum Gasteiger partial charge on any atom is -0.293 e. The molecule has 0 aliphatic heterocycles. The Hall–Kier alpha value is -1.74. The number of carbonyl (C=O) groups is 1. The van der Waals surface area contributed by atoms with Gasteiger partial charge in [-0.3, -0.25) is 14.9 Å². The van der Waals surface area contributed by atoms with Gasteiger partial charge in [-0.15, -0.1) is 0 Å². The predicted molar refractivity (Wildman–Crippen MR) is 60.7 cm³/mol. The van der Waals surface area contributed by atoms with Crippen LogP contribution in [0.4, 0.5) is 5.69 Å². The molecule has 0 saturated carbocycles. The van der Waals surface area contributed by atoms with E-state index in [0.717, 1.165) is 0 Å². The molecule has 0 atom stereocenters. The topological polar surface area (TPSA) is 84.0 Å². The lowest BCUT2D eigenvalue weighted by Crippen LogP contribution is -2.08. The Morgan fingerprint density at radius 1 is 1.62 bits per heavy atom. The van der Waals surface area contributed by atoms with E-state index in [4.69, 9.17) is 5.26 Å². The van der Waals surface area contributed by atoms with E-state index in [1.165, 1.54) is 19.1 Å². The first-order valence-electron chi connectivity index (χ1n) is 4.30. The molecule has 6 heteroatoms. The molecule has 1 aromatic carbocycles. The lowest BCUT2D eigenvalue weighted by Gasteiger charge is -2.05. The van der Waals surface area contributed by atoms with Crippen molar-refractivity contribution in [2.75, 3.05) is 5.33 Å². The molecule has 1 rings (SSSR count). The van der Waals surface area contributed by atoms with E-state index in [0.29, 0.717) is 0 Å². The summed E-state index contributed by atoms with van der Waals surface area (Å²) in [6, 6.07) is 4.38. The number of benzene rings is 1. The Balaban J connectivity index is 3.54. The van der Waals surface area contributed by atoms with Crippen LogP contribution in [0.2, 0.25) is 0 Å². The van der Waals surface area contributed by atoms with Crippen LogP contribution in [-0.2, 0) is 0 Å². The van der Waals surface area contributed by atoms with Gasteiger partial charge in [0.05, 0.1) is 21.9 Å². The number of carbonyl (C=O) groups excluding carboxylic acids is 1. The van der Waals surface area contributed by atoms with Gasteiger partial charge in [-0.25, -0.2) is 0 Å². The van der Waals surface area contributed by atoms with Gasteiger partial charge in [0, 0.05) is 17.2 Å². The van der Waals surface area contributed by atoms with Gasteiger partial charge in [0.1, 0.15) is 0 Å². The van der Waals surface area contributed by atoms with E-state index in [1.54, 1.807) is 0 Å². The van der Waals surface area contributed by atoms with Crippen molar-refractivity contribution in [1.82, 2.24) is 0 Å². The van der Waals surface area contributed by atoms with Crippen LogP contribution in [0.15, 0.2) is 12.1 Å². The Labute approximate surface area is 100.0 Å². The number of nitro benzene ring substituents is 1. The number of alkyl halides is 1. The molecule has 0 N–H and O–H groups in total. The summed E-state index contributed by atoms with van der Waals surface area (Å²) in [6.45, 7) is 1.47. The Kier molecular flexibility index (Phi) is 3.74. The van der Waals surface area contributed by atoms with Crippen molar-refractivity contribution < 1.29 is 9.72 Å². The second-order valence-corrected chi connectivity index (χ2v) is 3.62. The fourth-order valence-corrected chi connectivity index (χ4v) is 1.70. The summed E-state index contributed by atoms with van der Waals surface area (Å²) in [6.07, 6.45) is 0. The first kappa shape index (κ1) is 12.3. The minimum absolute atomic E-state index is 0.0314. The number of nitrogens with zero attached hydrogens (tertiary/aromatic N) is 2. The molecular weight excluding hydrogens is 276 g/mol. The van der Waals surface area contributed by atoms with Crippen LogP contribution in [0.25, 0.3) is 0 Å². The van der Waals surface area contributed by atoms with E-state index < -0.39 is 4.92 Å². The number of rotatable bonds is 3. The molecule has 0 heterocycles. The van der Waals surface area contributed by atoms with E-state index in [2.05, 4.69) is 15.9 Å². The SMILES string of the molecule is Cc1c([N+](=O)[O-])ccc(C#N)c1C(=O)CBr. The Morgan fingerprint density at radius 3 is 2.69 bits per heavy atom. The third-order valence-electron chi connectivity index (χ3n) is 2.15. The molecule has 0 unspecified atom stereocenters. The van der Waals surface area contributed by atoms with Crippen LogP contribution in [0.3, 0.4) is 0 Å². The van der Waals surface area contributed by atoms with Gasteiger partial charge in [0.2, 0.25) is 0 Å². The van der Waals surface area contributed by atoms with Crippen molar-refractivity contribution in [3.05, 3.63) is 38.9 Å². The molecule has 0 aliphatic rings. The average molecular weight is 283 g/mol. The van der Waals surface area contributed by atoms with Gasteiger partial charge in [0.25, 0.3) is 5.69 Å². The van der Waals surface area contributed by atoms with Crippen molar-refractivity contribution in [1.29, 1.82) is 5.26 Å². The molecule has 16 heavy (non-hydrogen) atoms. The molecule has 0 amide bonds. The van der Waals surface area contributed by atoms with E-state index in [-0.39, 0.29) is 33.5 Å². The third kappa shape index (κ3) is 2.09. The van der Waals surface area contributed by atoms with E-state index in [1.807, 2.05) is 6.07 Å². The second kappa shape index (κ2) is 4.86. The molecule has 1 aromatic rings. The minimum atomic E-state index is -0.568. The average Bonchev–Trinajstić information content (AvgIpc) is 2.26. The lowest BCUT2D eigenvalue weighted by molar-refractivity contribution is -0.385. The Morgan fingerprint density at radius 2 is 2.25 bits per heavy atom. The number of hydrogen-bond donors (Lipinski definition) is 0. The molecule has 0 fully saturated rings. The van der Waals surface area contributed by atoms with Crippen molar-refractivity contribution >= 4 is 27.4 Å². The van der Waals surface area contributed by atoms with Gasteiger partial charge in [-0.1, -0.05) is 15.9 Å².